The van der Waals surface area contributed by atoms with Crippen LogP contribution in [0.15, 0.2) is 45.6 Å². The fourth-order valence-corrected chi connectivity index (χ4v) is 4.32. The molecule has 1 aromatic heterocycles. The van der Waals surface area contributed by atoms with Crippen LogP contribution in [0.3, 0.4) is 0 Å². The first kappa shape index (κ1) is 23.9. The van der Waals surface area contributed by atoms with E-state index >= 15 is 0 Å². The molecular weight excluding hydrogens is 424 g/mol. The van der Waals surface area contributed by atoms with E-state index in [1.807, 2.05) is 24.3 Å². The monoisotopic (exact) mass is 456 g/mol. The highest BCUT2D eigenvalue weighted by molar-refractivity contribution is 6.76. The summed E-state index contributed by atoms with van der Waals surface area (Å²) in [7, 11) is 3.59. The van der Waals surface area contributed by atoms with Crippen molar-refractivity contribution >= 4 is 19.0 Å². The zero-order chi connectivity index (χ0) is 23.3. The Kier molecular flexibility index (Phi) is 7.63. The van der Waals surface area contributed by atoms with Gasteiger partial charge in [0, 0.05) is 37.8 Å². The van der Waals surface area contributed by atoms with Crippen LogP contribution >= 0.6 is 0 Å². The zero-order valence-corrected chi connectivity index (χ0v) is 20.7. The van der Waals surface area contributed by atoms with Crippen molar-refractivity contribution in [2.45, 2.75) is 32.1 Å². The smallest absolute Gasteiger partial charge is 0.344 e. The van der Waals surface area contributed by atoms with E-state index in [2.05, 4.69) is 19.6 Å². The van der Waals surface area contributed by atoms with Crippen LogP contribution in [0.5, 0.6) is 17.2 Å². The first-order valence-corrected chi connectivity index (χ1v) is 14.4. The molecule has 6 nitrogen and oxygen atoms in total. The predicted octanol–water partition coefficient (Wildman–Crippen LogP) is 5.38. The third kappa shape index (κ3) is 5.52. The fraction of sp³-hybridized carbons (Fsp3) is 0.400. The predicted molar refractivity (Wildman–Crippen MR) is 130 cm³/mol. The molecule has 0 atom stereocenters. The number of rotatable bonds is 10. The summed E-state index contributed by atoms with van der Waals surface area (Å²) in [5.41, 5.74) is 2.08. The van der Waals surface area contributed by atoms with Crippen LogP contribution in [0.4, 0.5) is 0 Å². The molecule has 0 radical (unpaired) electrons. The van der Waals surface area contributed by atoms with Gasteiger partial charge in [0.2, 0.25) is 0 Å². The van der Waals surface area contributed by atoms with Crippen LogP contribution < -0.4 is 19.8 Å². The molecule has 0 saturated heterocycles. The molecule has 172 valence electrons. The van der Waals surface area contributed by atoms with E-state index in [-0.39, 0.29) is 0 Å². The van der Waals surface area contributed by atoms with E-state index in [9.17, 15) is 4.79 Å². The molecule has 0 amide bonds. The Bertz CT molecular complexity index is 1130. The minimum absolute atomic E-state index is 0.425. The van der Waals surface area contributed by atoms with Gasteiger partial charge in [-0.1, -0.05) is 19.6 Å². The summed E-state index contributed by atoms with van der Waals surface area (Å²) in [6.07, 6.45) is 0.574. The molecule has 0 aliphatic heterocycles. The van der Waals surface area contributed by atoms with Crippen LogP contribution in [0.1, 0.15) is 5.56 Å². The third-order valence-corrected chi connectivity index (χ3v) is 7.10. The molecule has 0 N–H and O–H groups in total. The van der Waals surface area contributed by atoms with E-state index in [1.165, 1.54) is 0 Å². The van der Waals surface area contributed by atoms with Gasteiger partial charge in [-0.15, -0.1) is 0 Å². The van der Waals surface area contributed by atoms with Crippen LogP contribution in [-0.4, -0.2) is 42.6 Å². The summed E-state index contributed by atoms with van der Waals surface area (Å²) in [4.78, 5) is 13.2. The van der Waals surface area contributed by atoms with Crippen molar-refractivity contribution in [3.63, 3.8) is 0 Å². The molecule has 32 heavy (non-hydrogen) atoms. The maximum Gasteiger partial charge on any atom is 0.344 e. The molecule has 0 fully saturated rings. The highest BCUT2D eigenvalue weighted by Gasteiger charge is 2.21. The summed E-state index contributed by atoms with van der Waals surface area (Å²) in [5, 5.41) is 0.854. The number of methoxy groups -OCH3 is 3. The first-order valence-electron chi connectivity index (χ1n) is 10.7. The standard InChI is InChI=1S/C25H32O6Si/c1-27-17-8-10-21(22(15-17)29-3)24-20(11-12-30-13-14-32(4,5)6)19-9-7-18(28-2)16-23(19)31-25(24)26/h7-10,15-16H,11-14H2,1-6H3. The third-order valence-electron chi connectivity index (χ3n) is 5.39. The molecule has 0 aliphatic carbocycles. The van der Waals surface area contributed by atoms with Crippen LogP contribution in [-0.2, 0) is 11.2 Å². The lowest BCUT2D eigenvalue weighted by Crippen LogP contribution is -2.22. The average Bonchev–Trinajstić information content (AvgIpc) is 2.77. The highest BCUT2D eigenvalue weighted by atomic mass is 28.3. The molecule has 0 saturated carbocycles. The summed E-state index contributed by atoms with van der Waals surface area (Å²) in [6, 6.07) is 12.0. The van der Waals surface area contributed by atoms with Crippen molar-refractivity contribution < 1.29 is 23.4 Å². The van der Waals surface area contributed by atoms with E-state index in [0.29, 0.717) is 47.0 Å². The molecule has 0 bridgehead atoms. The molecule has 3 aromatic rings. The second-order valence-corrected chi connectivity index (χ2v) is 14.5. The molecule has 0 unspecified atom stereocenters. The molecule has 7 heteroatoms. The number of hydrogen-bond donors (Lipinski definition) is 0. The van der Waals surface area contributed by atoms with Gasteiger partial charge in [0.15, 0.2) is 0 Å². The van der Waals surface area contributed by atoms with Gasteiger partial charge in [0.1, 0.15) is 22.8 Å². The normalized spacial score (nSPS) is 11.6. The Morgan fingerprint density at radius 1 is 0.875 bits per heavy atom. The van der Waals surface area contributed by atoms with Crippen LogP contribution in [0.2, 0.25) is 25.7 Å². The second-order valence-electron chi connectivity index (χ2n) is 8.84. The molecular formula is C25H32O6Si. The van der Waals surface area contributed by atoms with Gasteiger partial charge < -0.3 is 23.4 Å². The van der Waals surface area contributed by atoms with Crippen molar-refractivity contribution in [3.05, 3.63) is 52.4 Å². The van der Waals surface area contributed by atoms with Gasteiger partial charge in [0.25, 0.3) is 0 Å². The van der Waals surface area contributed by atoms with Crippen molar-refractivity contribution in [2.24, 2.45) is 0 Å². The number of benzene rings is 2. The van der Waals surface area contributed by atoms with E-state index in [1.54, 1.807) is 33.5 Å². The SMILES string of the molecule is COc1ccc(-c2c(CCOCC[Si](C)(C)C)c3ccc(OC)cc3oc2=O)c(OC)c1. The molecule has 0 spiro atoms. The van der Waals surface area contributed by atoms with E-state index in [4.69, 9.17) is 23.4 Å². The summed E-state index contributed by atoms with van der Waals surface area (Å²) < 4.78 is 27.9. The summed E-state index contributed by atoms with van der Waals surface area (Å²) in [5.74, 6) is 1.83. The molecule has 3 rings (SSSR count). The number of fused-ring (bicyclic) bond motifs is 1. The van der Waals surface area contributed by atoms with Gasteiger partial charge in [0.05, 0.1) is 33.5 Å². The van der Waals surface area contributed by atoms with Crippen molar-refractivity contribution in [1.29, 1.82) is 0 Å². The van der Waals surface area contributed by atoms with Gasteiger partial charge in [-0.05, 0) is 42.3 Å². The van der Waals surface area contributed by atoms with Gasteiger partial charge in [-0.25, -0.2) is 4.79 Å². The number of ether oxygens (including phenoxy) is 4. The minimum Gasteiger partial charge on any atom is -0.497 e. The van der Waals surface area contributed by atoms with Crippen LogP contribution in [0, 0.1) is 0 Å². The maximum atomic E-state index is 13.2. The van der Waals surface area contributed by atoms with Gasteiger partial charge in [-0.2, -0.15) is 0 Å². The summed E-state index contributed by atoms with van der Waals surface area (Å²) in [6.45, 7) is 8.22. The Hall–Kier alpha value is -2.77. The zero-order valence-electron chi connectivity index (χ0n) is 19.7. The highest BCUT2D eigenvalue weighted by Crippen LogP contribution is 2.36. The van der Waals surface area contributed by atoms with Crippen molar-refractivity contribution in [2.75, 3.05) is 34.5 Å². The topological polar surface area (TPSA) is 67.1 Å². The molecule has 0 aliphatic rings. The Morgan fingerprint density at radius 3 is 2.22 bits per heavy atom. The minimum atomic E-state index is -1.17. The van der Waals surface area contributed by atoms with Crippen molar-refractivity contribution in [3.8, 4) is 28.4 Å². The number of hydrogen-bond acceptors (Lipinski definition) is 6. The van der Waals surface area contributed by atoms with Crippen LogP contribution in [0.25, 0.3) is 22.1 Å². The van der Waals surface area contributed by atoms with Gasteiger partial charge in [-0.3, -0.25) is 0 Å². The fourth-order valence-electron chi connectivity index (χ4n) is 3.56. The Labute approximate surface area is 190 Å². The van der Waals surface area contributed by atoms with Gasteiger partial charge >= 0.3 is 5.63 Å². The average molecular weight is 457 g/mol. The Balaban J connectivity index is 2.08. The van der Waals surface area contributed by atoms with E-state index in [0.717, 1.165) is 23.6 Å². The maximum absolute atomic E-state index is 13.2. The largest absolute Gasteiger partial charge is 0.497 e. The molecule has 1 heterocycles. The quantitative estimate of drug-likeness (QED) is 0.232. The lowest BCUT2D eigenvalue weighted by Gasteiger charge is -2.17. The summed E-state index contributed by atoms with van der Waals surface area (Å²) >= 11 is 0. The van der Waals surface area contributed by atoms with Crippen molar-refractivity contribution in [1.82, 2.24) is 0 Å². The lowest BCUT2D eigenvalue weighted by atomic mass is 9.95. The Morgan fingerprint density at radius 2 is 1.56 bits per heavy atom. The van der Waals surface area contributed by atoms with E-state index < -0.39 is 13.7 Å². The first-order chi connectivity index (χ1) is 15.3. The second kappa shape index (κ2) is 10.2. The lowest BCUT2D eigenvalue weighted by molar-refractivity contribution is 0.150. The molecule has 2 aromatic carbocycles.